The zero-order chi connectivity index (χ0) is 15.2. The first-order valence-corrected chi connectivity index (χ1v) is 7.11. The Morgan fingerprint density at radius 1 is 0.773 bits per heavy atom. The third-order valence-electron chi connectivity index (χ3n) is 3.46. The lowest BCUT2D eigenvalue weighted by molar-refractivity contribution is 0.588. The zero-order valence-electron chi connectivity index (χ0n) is 12.0. The summed E-state index contributed by atoms with van der Waals surface area (Å²) in [5, 5.41) is 3.24. The van der Waals surface area contributed by atoms with Crippen molar-refractivity contribution >= 4 is 0 Å². The van der Waals surface area contributed by atoms with Crippen LogP contribution in [0.1, 0.15) is 11.1 Å². The highest BCUT2D eigenvalue weighted by molar-refractivity contribution is 5.63. The Balaban J connectivity index is 1.65. The van der Waals surface area contributed by atoms with E-state index in [4.69, 9.17) is 0 Å². The minimum atomic E-state index is -0.198. The second-order valence-corrected chi connectivity index (χ2v) is 5.00. The van der Waals surface area contributed by atoms with Gasteiger partial charge in [0.1, 0.15) is 5.82 Å². The molecule has 0 aliphatic rings. The fourth-order valence-corrected chi connectivity index (χ4v) is 2.26. The molecular weight excluding hydrogens is 277 g/mol. The topological polar surface area (TPSA) is 37.8 Å². The molecule has 0 bridgehead atoms. The van der Waals surface area contributed by atoms with Crippen LogP contribution in [0.15, 0.2) is 67.3 Å². The molecule has 3 aromatic rings. The quantitative estimate of drug-likeness (QED) is 0.781. The summed E-state index contributed by atoms with van der Waals surface area (Å²) in [4.78, 5) is 7.94. The van der Waals surface area contributed by atoms with Crippen LogP contribution in [-0.2, 0) is 13.1 Å². The summed E-state index contributed by atoms with van der Waals surface area (Å²) in [6.07, 6.45) is 6.91. The third kappa shape index (κ3) is 3.54. The summed E-state index contributed by atoms with van der Waals surface area (Å²) >= 11 is 0. The Morgan fingerprint density at radius 3 is 2.14 bits per heavy atom. The summed E-state index contributed by atoms with van der Waals surface area (Å²) < 4.78 is 14.2. The van der Waals surface area contributed by atoms with Crippen LogP contribution in [0, 0.1) is 5.82 Å². The van der Waals surface area contributed by atoms with Gasteiger partial charge >= 0.3 is 0 Å². The van der Waals surface area contributed by atoms with Crippen LogP contribution in [-0.4, -0.2) is 9.97 Å². The third-order valence-corrected chi connectivity index (χ3v) is 3.46. The predicted octanol–water partition coefficient (Wildman–Crippen LogP) is 3.57. The average molecular weight is 293 g/mol. The van der Waals surface area contributed by atoms with Crippen LogP contribution in [0.3, 0.4) is 0 Å². The number of aromatic nitrogens is 2. The summed E-state index contributed by atoms with van der Waals surface area (Å²) in [6.45, 7) is 1.18. The normalized spacial score (nSPS) is 10.6. The highest BCUT2D eigenvalue weighted by Gasteiger charge is 2.05. The molecule has 1 N–H and O–H groups in total. The van der Waals surface area contributed by atoms with Gasteiger partial charge in [-0.3, -0.25) is 9.97 Å². The molecule has 0 aliphatic heterocycles. The molecule has 0 amide bonds. The number of halogens is 1. The number of nitrogens with one attached hydrogen (secondary N) is 1. The van der Waals surface area contributed by atoms with Crippen molar-refractivity contribution in [1.82, 2.24) is 15.3 Å². The van der Waals surface area contributed by atoms with E-state index in [1.54, 1.807) is 30.9 Å². The van der Waals surface area contributed by atoms with Gasteiger partial charge in [-0.25, -0.2) is 4.39 Å². The zero-order valence-corrected chi connectivity index (χ0v) is 12.0. The molecule has 3 rings (SSSR count). The van der Waals surface area contributed by atoms with Gasteiger partial charge in [0, 0.05) is 43.4 Å². The standard InChI is InChI=1S/C18H16FN3/c19-18-11-16(15-5-9-21-10-6-15)1-2-17(18)13-22-12-14-3-7-20-8-4-14/h1-11,22H,12-13H2. The van der Waals surface area contributed by atoms with E-state index in [1.807, 2.05) is 36.4 Å². The number of pyridine rings is 2. The highest BCUT2D eigenvalue weighted by Crippen LogP contribution is 2.21. The Bertz CT molecular complexity index is 730. The molecule has 3 nitrogen and oxygen atoms in total. The van der Waals surface area contributed by atoms with Crippen LogP contribution >= 0.6 is 0 Å². The summed E-state index contributed by atoms with van der Waals surface area (Å²) in [6, 6.07) is 12.9. The molecule has 0 spiro atoms. The first-order chi connectivity index (χ1) is 10.8. The largest absolute Gasteiger partial charge is 0.309 e. The fraction of sp³-hybridized carbons (Fsp3) is 0.111. The molecule has 110 valence electrons. The van der Waals surface area contributed by atoms with Crippen molar-refractivity contribution in [3.8, 4) is 11.1 Å². The Kier molecular flexibility index (Phi) is 4.51. The van der Waals surface area contributed by atoms with Gasteiger partial charge in [-0.15, -0.1) is 0 Å². The molecule has 0 unspecified atom stereocenters. The maximum absolute atomic E-state index is 14.2. The van der Waals surface area contributed by atoms with Gasteiger partial charge in [0.05, 0.1) is 0 Å². The average Bonchev–Trinajstić information content (AvgIpc) is 2.58. The number of rotatable bonds is 5. The predicted molar refractivity (Wildman–Crippen MR) is 84.4 cm³/mol. The number of hydrogen-bond acceptors (Lipinski definition) is 3. The van der Waals surface area contributed by atoms with Crippen molar-refractivity contribution in [2.24, 2.45) is 0 Å². The minimum absolute atomic E-state index is 0.198. The second kappa shape index (κ2) is 6.91. The maximum atomic E-state index is 14.2. The van der Waals surface area contributed by atoms with Crippen LogP contribution < -0.4 is 5.32 Å². The van der Waals surface area contributed by atoms with E-state index in [0.717, 1.165) is 16.7 Å². The minimum Gasteiger partial charge on any atom is -0.309 e. The smallest absolute Gasteiger partial charge is 0.128 e. The Labute approximate surface area is 128 Å². The van der Waals surface area contributed by atoms with E-state index in [0.29, 0.717) is 18.7 Å². The van der Waals surface area contributed by atoms with Gasteiger partial charge in [-0.2, -0.15) is 0 Å². The Hall–Kier alpha value is -2.59. The molecular formula is C18H16FN3. The van der Waals surface area contributed by atoms with Gasteiger partial charge in [0.25, 0.3) is 0 Å². The molecule has 0 saturated carbocycles. The van der Waals surface area contributed by atoms with Crippen LogP contribution in [0.2, 0.25) is 0 Å². The van der Waals surface area contributed by atoms with Crippen molar-refractivity contribution in [3.63, 3.8) is 0 Å². The molecule has 0 atom stereocenters. The van der Waals surface area contributed by atoms with Gasteiger partial charge in [0.15, 0.2) is 0 Å². The molecule has 0 aliphatic carbocycles. The van der Waals surface area contributed by atoms with Crippen molar-refractivity contribution in [2.45, 2.75) is 13.1 Å². The first-order valence-electron chi connectivity index (χ1n) is 7.11. The molecule has 0 radical (unpaired) electrons. The number of benzene rings is 1. The van der Waals surface area contributed by atoms with Crippen molar-refractivity contribution in [2.75, 3.05) is 0 Å². The second-order valence-electron chi connectivity index (χ2n) is 5.00. The molecule has 0 fully saturated rings. The lowest BCUT2D eigenvalue weighted by atomic mass is 10.0. The van der Waals surface area contributed by atoms with Gasteiger partial charge in [-0.05, 0) is 47.0 Å². The van der Waals surface area contributed by atoms with Crippen molar-refractivity contribution < 1.29 is 4.39 Å². The van der Waals surface area contributed by atoms with Gasteiger partial charge in [0.2, 0.25) is 0 Å². The molecule has 22 heavy (non-hydrogen) atoms. The summed E-state index contributed by atoms with van der Waals surface area (Å²) in [5.41, 5.74) is 3.61. The Morgan fingerprint density at radius 2 is 1.45 bits per heavy atom. The van der Waals surface area contributed by atoms with Gasteiger partial charge in [-0.1, -0.05) is 12.1 Å². The number of hydrogen-bond donors (Lipinski definition) is 1. The highest BCUT2D eigenvalue weighted by atomic mass is 19.1. The van der Waals surface area contributed by atoms with E-state index in [-0.39, 0.29) is 5.82 Å². The summed E-state index contributed by atoms with van der Waals surface area (Å²) in [5.74, 6) is -0.198. The lowest BCUT2D eigenvalue weighted by Crippen LogP contribution is -2.13. The first kappa shape index (κ1) is 14.4. The molecule has 2 heterocycles. The van der Waals surface area contributed by atoms with Crippen molar-refractivity contribution in [3.05, 3.63) is 84.2 Å². The fourth-order valence-electron chi connectivity index (χ4n) is 2.26. The monoisotopic (exact) mass is 293 g/mol. The number of nitrogens with zero attached hydrogens (tertiary/aromatic N) is 2. The SMILES string of the molecule is Fc1cc(-c2ccncc2)ccc1CNCc1ccncc1. The molecule has 0 saturated heterocycles. The van der Waals surface area contributed by atoms with Gasteiger partial charge < -0.3 is 5.32 Å². The van der Waals surface area contributed by atoms with Crippen LogP contribution in [0.25, 0.3) is 11.1 Å². The van der Waals surface area contributed by atoms with E-state index in [2.05, 4.69) is 15.3 Å². The lowest BCUT2D eigenvalue weighted by Gasteiger charge is -2.08. The molecule has 4 heteroatoms. The van der Waals surface area contributed by atoms with E-state index in [9.17, 15) is 4.39 Å². The maximum Gasteiger partial charge on any atom is 0.128 e. The van der Waals surface area contributed by atoms with E-state index in [1.165, 1.54) is 0 Å². The molecule has 1 aromatic carbocycles. The van der Waals surface area contributed by atoms with Crippen LogP contribution in [0.4, 0.5) is 4.39 Å². The molecule has 2 aromatic heterocycles. The van der Waals surface area contributed by atoms with Crippen molar-refractivity contribution in [1.29, 1.82) is 0 Å². The van der Waals surface area contributed by atoms with E-state index >= 15 is 0 Å². The van der Waals surface area contributed by atoms with Crippen LogP contribution in [0.5, 0.6) is 0 Å². The van der Waals surface area contributed by atoms with E-state index < -0.39 is 0 Å². The summed E-state index contributed by atoms with van der Waals surface area (Å²) in [7, 11) is 0.